The summed E-state index contributed by atoms with van der Waals surface area (Å²) in [5.74, 6) is 0. The van der Waals surface area contributed by atoms with E-state index in [1.165, 1.54) is 44.7 Å². The van der Waals surface area contributed by atoms with Gasteiger partial charge in [0.25, 0.3) is 0 Å². The number of nitrogen functional groups attached to an aromatic ring is 1. The fraction of sp³-hybridized carbons (Fsp3) is 0.684. The van der Waals surface area contributed by atoms with Crippen molar-refractivity contribution < 1.29 is 9.84 Å². The molecule has 3 N–H and O–H groups in total. The minimum Gasteiger partial charge on any atom is -0.399 e. The van der Waals surface area contributed by atoms with E-state index in [0.717, 1.165) is 24.3 Å². The number of hydrogen-bond donors (Lipinski definition) is 2. The first-order chi connectivity index (χ1) is 12.2. The van der Waals surface area contributed by atoms with E-state index in [2.05, 4.69) is 27.8 Å². The zero-order valence-electron chi connectivity index (χ0n) is 15.4. The van der Waals surface area contributed by atoms with Crippen molar-refractivity contribution in [3.8, 4) is 0 Å². The van der Waals surface area contributed by atoms with Crippen molar-refractivity contribution >= 4 is 11.4 Å². The maximum Gasteiger partial charge on any atom is 0.0738 e. The van der Waals surface area contributed by atoms with E-state index < -0.39 is 0 Å². The average Bonchev–Trinajstić information content (AvgIpc) is 2.63. The van der Waals surface area contributed by atoms with Crippen LogP contribution in [0.5, 0.6) is 0 Å². The van der Waals surface area contributed by atoms with E-state index in [1.807, 2.05) is 12.1 Å². The molecule has 2 saturated heterocycles. The molecule has 2 aliphatic heterocycles. The number of piperazine rings is 1. The van der Waals surface area contributed by atoms with Crippen LogP contribution in [0, 0.1) is 0 Å². The van der Waals surface area contributed by atoms with Crippen molar-refractivity contribution in [2.45, 2.75) is 25.5 Å². The molecule has 0 bridgehead atoms. The van der Waals surface area contributed by atoms with Gasteiger partial charge in [-0.25, -0.2) is 0 Å². The zero-order chi connectivity index (χ0) is 17.6. The first-order valence-electron chi connectivity index (χ1n) is 9.42. The van der Waals surface area contributed by atoms with Crippen LogP contribution in [0.25, 0.3) is 0 Å². The highest BCUT2D eigenvalue weighted by Gasteiger charge is 2.27. The van der Waals surface area contributed by atoms with Crippen molar-refractivity contribution in [3.05, 3.63) is 23.8 Å². The van der Waals surface area contributed by atoms with E-state index in [0.29, 0.717) is 19.3 Å². The number of rotatable bonds is 6. The molecule has 0 spiro atoms. The second kappa shape index (κ2) is 8.85. The van der Waals surface area contributed by atoms with Gasteiger partial charge in [0, 0.05) is 62.2 Å². The van der Waals surface area contributed by atoms with Gasteiger partial charge in [-0.05, 0) is 38.1 Å². The Kier molecular flexibility index (Phi) is 6.53. The molecule has 0 radical (unpaired) electrons. The summed E-state index contributed by atoms with van der Waals surface area (Å²) in [6, 6.07) is 6.80. The lowest BCUT2D eigenvalue weighted by Crippen LogP contribution is -2.52. The quantitative estimate of drug-likeness (QED) is 0.591. The second-order valence-corrected chi connectivity index (χ2v) is 7.22. The second-order valence-electron chi connectivity index (χ2n) is 7.22. The van der Waals surface area contributed by atoms with Crippen LogP contribution in [0.3, 0.4) is 0 Å². The molecular formula is C19H32N4O2. The van der Waals surface area contributed by atoms with Crippen molar-refractivity contribution in [3.63, 3.8) is 0 Å². The van der Waals surface area contributed by atoms with Gasteiger partial charge in [0.15, 0.2) is 0 Å². The van der Waals surface area contributed by atoms with Gasteiger partial charge in [0.05, 0.1) is 19.8 Å². The van der Waals surface area contributed by atoms with Gasteiger partial charge < -0.3 is 25.4 Å². The number of likely N-dealkylation sites (N-methyl/N-ethyl adjacent to an activating group) is 1. The number of hydrogen-bond acceptors (Lipinski definition) is 6. The predicted octanol–water partition coefficient (Wildman–Crippen LogP) is 0.994. The SMILES string of the molecule is CN1CCN(C2CCN(c3ccc(N)cc3COCCO)CC2)CC1. The fourth-order valence-corrected chi connectivity index (χ4v) is 3.94. The monoisotopic (exact) mass is 348 g/mol. The van der Waals surface area contributed by atoms with E-state index >= 15 is 0 Å². The summed E-state index contributed by atoms with van der Waals surface area (Å²) in [6.45, 7) is 7.83. The van der Waals surface area contributed by atoms with Crippen molar-refractivity contribution in [2.75, 3.05) is 70.2 Å². The number of anilines is 2. The maximum absolute atomic E-state index is 8.92. The van der Waals surface area contributed by atoms with Gasteiger partial charge in [-0.1, -0.05) is 0 Å². The van der Waals surface area contributed by atoms with E-state index in [4.69, 9.17) is 15.6 Å². The molecule has 2 heterocycles. The Hall–Kier alpha value is -1.34. The summed E-state index contributed by atoms with van der Waals surface area (Å²) >= 11 is 0. The maximum atomic E-state index is 8.92. The number of nitrogens with two attached hydrogens (primary N) is 1. The molecule has 0 atom stereocenters. The molecular weight excluding hydrogens is 316 g/mol. The van der Waals surface area contributed by atoms with Crippen LogP contribution in [0.1, 0.15) is 18.4 Å². The third-order valence-corrected chi connectivity index (χ3v) is 5.46. The van der Waals surface area contributed by atoms with Crippen LogP contribution in [0.15, 0.2) is 18.2 Å². The number of benzene rings is 1. The molecule has 0 saturated carbocycles. The summed E-state index contributed by atoms with van der Waals surface area (Å²) in [5.41, 5.74) is 9.06. The Morgan fingerprint density at radius 2 is 1.84 bits per heavy atom. The van der Waals surface area contributed by atoms with Gasteiger partial charge in [-0.2, -0.15) is 0 Å². The molecule has 6 heteroatoms. The third kappa shape index (κ3) is 4.85. The predicted molar refractivity (Wildman–Crippen MR) is 102 cm³/mol. The summed E-state index contributed by atoms with van der Waals surface area (Å²) in [7, 11) is 2.21. The van der Waals surface area contributed by atoms with Gasteiger partial charge in [0.2, 0.25) is 0 Å². The van der Waals surface area contributed by atoms with Crippen LogP contribution in [-0.2, 0) is 11.3 Å². The van der Waals surface area contributed by atoms with Crippen LogP contribution < -0.4 is 10.6 Å². The summed E-state index contributed by atoms with van der Waals surface area (Å²) in [5, 5.41) is 8.92. The van der Waals surface area contributed by atoms with Crippen LogP contribution in [-0.4, -0.2) is 80.5 Å². The first-order valence-corrected chi connectivity index (χ1v) is 9.42. The Bertz CT molecular complexity index is 538. The highest BCUT2D eigenvalue weighted by atomic mass is 16.5. The fourth-order valence-electron chi connectivity index (χ4n) is 3.94. The number of nitrogens with zero attached hydrogens (tertiary/aromatic N) is 3. The van der Waals surface area contributed by atoms with E-state index in [-0.39, 0.29) is 6.61 Å². The van der Waals surface area contributed by atoms with Gasteiger partial charge >= 0.3 is 0 Å². The normalized spacial score (nSPS) is 21.0. The average molecular weight is 348 g/mol. The molecule has 2 fully saturated rings. The van der Waals surface area contributed by atoms with E-state index in [1.54, 1.807) is 0 Å². The van der Waals surface area contributed by atoms with Crippen molar-refractivity contribution in [2.24, 2.45) is 0 Å². The standard InChI is InChI=1S/C19H32N4O2/c1-21-8-10-22(11-9-21)18-4-6-23(7-5-18)19-3-2-17(20)14-16(19)15-25-13-12-24/h2-3,14,18,24H,4-13,15,20H2,1H3. The summed E-state index contributed by atoms with van der Waals surface area (Å²) in [4.78, 5) is 7.55. The molecule has 25 heavy (non-hydrogen) atoms. The van der Waals surface area contributed by atoms with Gasteiger partial charge in [0.1, 0.15) is 0 Å². The molecule has 1 aromatic rings. The third-order valence-electron chi connectivity index (χ3n) is 5.46. The number of aliphatic hydroxyl groups is 1. The largest absolute Gasteiger partial charge is 0.399 e. The molecule has 1 aromatic carbocycles. The van der Waals surface area contributed by atoms with Crippen LogP contribution in [0.2, 0.25) is 0 Å². The van der Waals surface area contributed by atoms with Crippen LogP contribution in [0.4, 0.5) is 11.4 Å². The zero-order valence-corrected chi connectivity index (χ0v) is 15.4. The molecule has 0 unspecified atom stereocenters. The number of aliphatic hydroxyl groups excluding tert-OH is 1. The lowest BCUT2D eigenvalue weighted by molar-refractivity contribution is 0.0815. The molecule has 2 aliphatic rings. The smallest absolute Gasteiger partial charge is 0.0738 e. The minimum absolute atomic E-state index is 0.0497. The highest BCUT2D eigenvalue weighted by molar-refractivity contribution is 5.59. The van der Waals surface area contributed by atoms with Crippen LogP contribution >= 0.6 is 0 Å². The molecule has 0 aliphatic carbocycles. The Labute approximate surface area is 151 Å². The number of piperidine rings is 1. The van der Waals surface area contributed by atoms with Crippen molar-refractivity contribution in [1.82, 2.24) is 9.80 Å². The Morgan fingerprint density at radius 3 is 2.52 bits per heavy atom. The van der Waals surface area contributed by atoms with Gasteiger partial charge in [-0.15, -0.1) is 0 Å². The highest BCUT2D eigenvalue weighted by Crippen LogP contribution is 2.28. The topological polar surface area (TPSA) is 65.2 Å². The van der Waals surface area contributed by atoms with E-state index in [9.17, 15) is 0 Å². The lowest BCUT2D eigenvalue weighted by Gasteiger charge is -2.43. The molecule has 0 aromatic heterocycles. The molecule has 6 nitrogen and oxygen atoms in total. The summed E-state index contributed by atoms with van der Waals surface area (Å²) in [6.07, 6.45) is 2.43. The molecule has 3 rings (SSSR count). The minimum atomic E-state index is 0.0497. The Balaban J connectivity index is 1.58. The Morgan fingerprint density at radius 1 is 1.12 bits per heavy atom. The first kappa shape index (κ1) is 18.5. The molecule has 140 valence electrons. The summed E-state index contributed by atoms with van der Waals surface area (Å²) < 4.78 is 5.54. The van der Waals surface area contributed by atoms with Crippen molar-refractivity contribution in [1.29, 1.82) is 0 Å². The molecule has 0 amide bonds. The van der Waals surface area contributed by atoms with Gasteiger partial charge in [-0.3, -0.25) is 4.90 Å². The number of ether oxygens (including phenoxy) is 1. The lowest BCUT2D eigenvalue weighted by atomic mass is 10.0.